The molecule has 1 N–H and O–H groups in total. The first-order chi connectivity index (χ1) is 9.98. The zero-order chi connectivity index (χ0) is 17.0. The van der Waals surface area contributed by atoms with Crippen molar-refractivity contribution in [2.75, 3.05) is 36.6 Å². The van der Waals surface area contributed by atoms with Crippen molar-refractivity contribution < 1.29 is 30.0 Å². The molecule has 0 saturated carbocycles. The second-order valence-electron chi connectivity index (χ2n) is 4.27. The summed E-state index contributed by atoms with van der Waals surface area (Å²) in [6, 6.07) is 0. The van der Waals surface area contributed by atoms with E-state index in [1.165, 1.54) is 18.9 Å². The van der Waals surface area contributed by atoms with E-state index in [1.807, 2.05) is 0 Å². The van der Waals surface area contributed by atoms with E-state index in [2.05, 4.69) is 19.1 Å². The molecule has 1 aromatic heterocycles. The highest BCUT2D eigenvalue weighted by Crippen LogP contribution is 2.06. The number of anilines is 1. The first-order valence-corrected chi connectivity index (χ1v) is 9.09. The number of hydrogen-bond donors (Lipinski definition) is 1. The lowest BCUT2D eigenvalue weighted by molar-refractivity contribution is 0.284. The monoisotopic (exact) mass is 358 g/mol. The van der Waals surface area contributed by atoms with Crippen LogP contribution in [0.1, 0.15) is 5.82 Å². The minimum Gasteiger partial charge on any atom is -0.343 e. The average molecular weight is 358 g/mol. The van der Waals surface area contributed by atoms with Gasteiger partial charge in [-0.05, 0) is 6.92 Å². The van der Waals surface area contributed by atoms with Crippen molar-refractivity contribution in [3.8, 4) is 0 Å². The van der Waals surface area contributed by atoms with E-state index in [4.69, 9.17) is 4.55 Å². The van der Waals surface area contributed by atoms with Crippen LogP contribution < -0.4 is 4.90 Å². The minimum absolute atomic E-state index is 0.0191. The summed E-state index contributed by atoms with van der Waals surface area (Å²) in [7, 11) is -6.84. The predicted octanol–water partition coefficient (Wildman–Crippen LogP) is -1.01. The number of aryl methyl sites for hydroxylation is 1. The number of hydrogen-bond acceptors (Lipinski definition) is 9. The molecule has 13 heteroatoms. The standard InChI is InChI=1S/C9H15FN4O6S2/c1-7-11-8(10)13-9(12-7)14(2)3-5-21(15,16)6-4-20-22(17,18)19/h3-6H2,1-2H3,(H,17,18,19). The van der Waals surface area contributed by atoms with Gasteiger partial charge in [-0.2, -0.15) is 27.8 Å². The number of aromatic nitrogens is 3. The van der Waals surface area contributed by atoms with E-state index in [1.54, 1.807) is 0 Å². The van der Waals surface area contributed by atoms with E-state index in [9.17, 15) is 21.2 Å². The number of sulfone groups is 1. The van der Waals surface area contributed by atoms with Crippen LogP contribution in [-0.2, 0) is 24.4 Å². The van der Waals surface area contributed by atoms with Gasteiger partial charge in [0.15, 0.2) is 9.84 Å². The van der Waals surface area contributed by atoms with Crippen LogP contribution in [0.5, 0.6) is 0 Å². The molecule has 1 heterocycles. The maximum absolute atomic E-state index is 13.0. The van der Waals surface area contributed by atoms with Gasteiger partial charge in [-0.3, -0.25) is 4.55 Å². The largest absolute Gasteiger partial charge is 0.397 e. The molecule has 0 unspecified atom stereocenters. The van der Waals surface area contributed by atoms with Gasteiger partial charge in [0.05, 0.1) is 18.1 Å². The topological polar surface area (TPSA) is 140 Å². The first kappa shape index (κ1) is 18.6. The smallest absolute Gasteiger partial charge is 0.343 e. The van der Waals surface area contributed by atoms with Crippen molar-refractivity contribution in [2.45, 2.75) is 6.92 Å². The molecule has 22 heavy (non-hydrogen) atoms. The van der Waals surface area contributed by atoms with E-state index >= 15 is 0 Å². The van der Waals surface area contributed by atoms with E-state index in [0.717, 1.165) is 0 Å². The van der Waals surface area contributed by atoms with Gasteiger partial charge >= 0.3 is 16.5 Å². The van der Waals surface area contributed by atoms with Crippen molar-refractivity contribution in [2.24, 2.45) is 0 Å². The summed E-state index contributed by atoms with van der Waals surface area (Å²) in [5.74, 6) is -0.816. The van der Waals surface area contributed by atoms with E-state index in [-0.39, 0.29) is 24.1 Å². The zero-order valence-corrected chi connectivity index (χ0v) is 13.4. The fourth-order valence-corrected chi connectivity index (χ4v) is 2.84. The Morgan fingerprint density at radius 3 is 2.36 bits per heavy atom. The molecule has 10 nitrogen and oxygen atoms in total. The number of halogens is 1. The van der Waals surface area contributed by atoms with Gasteiger partial charge in [0, 0.05) is 13.6 Å². The van der Waals surface area contributed by atoms with Gasteiger partial charge in [0.2, 0.25) is 5.95 Å². The quantitative estimate of drug-likeness (QED) is 0.575. The molecular weight excluding hydrogens is 343 g/mol. The maximum atomic E-state index is 13.0. The van der Waals surface area contributed by atoms with Crippen LogP contribution in [0.15, 0.2) is 0 Å². The summed E-state index contributed by atoms with van der Waals surface area (Å²) < 4.78 is 69.3. The van der Waals surface area contributed by atoms with Crippen LogP contribution >= 0.6 is 0 Å². The Bertz CT molecular complexity index is 703. The molecule has 0 amide bonds. The molecule has 0 bridgehead atoms. The molecule has 0 saturated heterocycles. The van der Waals surface area contributed by atoms with Gasteiger partial charge < -0.3 is 4.90 Å². The third-order valence-corrected chi connectivity index (χ3v) is 4.47. The predicted molar refractivity (Wildman–Crippen MR) is 73.9 cm³/mol. The average Bonchev–Trinajstić information content (AvgIpc) is 2.33. The van der Waals surface area contributed by atoms with Gasteiger partial charge in [-0.25, -0.2) is 12.6 Å². The fourth-order valence-electron chi connectivity index (χ4n) is 1.35. The second kappa shape index (κ2) is 7.21. The van der Waals surface area contributed by atoms with Gasteiger partial charge in [-0.15, -0.1) is 0 Å². The molecule has 0 atom stereocenters. The third kappa shape index (κ3) is 7.02. The Labute approximate surface area is 127 Å². The lowest BCUT2D eigenvalue weighted by Gasteiger charge is -2.16. The van der Waals surface area contributed by atoms with Crippen LogP contribution in [0.3, 0.4) is 0 Å². The normalized spacial score (nSPS) is 12.4. The fraction of sp³-hybridized carbons (Fsp3) is 0.667. The molecule has 0 spiro atoms. The summed E-state index contributed by atoms with van der Waals surface area (Å²) in [4.78, 5) is 12.0. The highest BCUT2D eigenvalue weighted by atomic mass is 32.3. The molecule has 0 aliphatic carbocycles. The van der Waals surface area contributed by atoms with E-state index < -0.39 is 38.7 Å². The third-order valence-electron chi connectivity index (χ3n) is 2.41. The Kier molecular flexibility index (Phi) is 6.10. The van der Waals surface area contributed by atoms with Crippen molar-refractivity contribution >= 4 is 26.2 Å². The molecule has 0 aliphatic rings. The van der Waals surface area contributed by atoms with Crippen LogP contribution in [-0.4, -0.2) is 68.0 Å². The molecule has 1 rings (SSSR count). The summed E-state index contributed by atoms with van der Waals surface area (Å²) in [6.45, 7) is 0.729. The van der Waals surface area contributed by atoms with E-state index in [0.29, 0.717) is 0 Å². The Balaban J connectivity index is 2.56. The lowest BCUT2D eigenvalue weighted by Crippen LogP contribution is -2.29. The zero-order valence-electron chi connectivity index (χ0n) is 11.8. The summed E-state index contributed by atoms with van der Waals surface area (Å²) in [6.07, 6.45) is -0.973. The summed E-state index contributed by atoms with van der Waals surface area (Å²) >= 11 is 0. The van der Waals surface area contributed by atoms with Crippen LogP contribution in [0.2, 0.25) is 0 Å². The maximum Gasteiger partial charge on any atom is 0.397 e. The number of nitrogens with zero attached hydrogens (tertiary/aromatic N) is 4. The van der Waals surface area contributed by atoms with Crippen molar-refractivity contribution in [1.29, 1.82) is 0 Å². The van der Waals surface area contributed by atoms with Crippen molar-refractivity contribution in [1.82, 2.24) is 15.0 Å². The van der Waals surface area contributed by atoms with Crippen LogP contribution in [0, 0.1) is 13.0 Å². The summed E-state index contributed by atoms with van der Waals surface area (Å²) in [5, 5.41) is 0. The van der Waals surface area contributed by atoms with Gasteiger partial charge in [-0.1, -0.05) is 0 Å². The first-order valence-electron chi connectivity index (χ1n) is 5.90. The van der Waals surface area contributed by atoms with Crippen molar-refractivity contribution in [3.63, 3.8) is 0 Å². The molecule has 0 aliphatic heterocycles. The highest BCUT2D eigenvalue weighted by molar-refractivity contribution is 7.91. The molecular formula is C9H15FN4O6S2. The highest BCUT2D eigenvalue weighted by Gasteiger charge is 2.16. The molecule has 0 radical (unpaired) electrons. The molecule has 1 aromatic rings. The second-order valence-corrected chi connectivity index (χ2v) is 7.67. The molecule has 0 fully saturated rings. The summed E-state index contributed by atoms with van der Waals surface area (Å²) in [5.41, 5.74) is 0. The number of rotatable bonds is 8. The minimum atomic E-state index is -4.67. The van der Waals surface area contributed by atoms with Gasteiger partial charge in [0.1, 0.15) is 5.82 Å². The van der Waals surface area contributed by atoms with Gasteiger partial charge in [0.25, 0.3) is 0 Å². The van der Waals surface area contributed by atoms with Crippen LogP contribution in [0.25, 0.3) is 0 Å². The Morgan fingerprint density at radius 2 is 1.82 bits per heavy atom. The Hall–Kier alpha value is -1.44. The SMILES string of the molecule is Cc1nc(F)nc(N(C)CCS(=O)(=O)CCOS(=O)(=O)O)n1. The molecule has 126 valence electrons. The Morgan fingerprint density at radius 1 is 1.18 bits per heavy atom. The molecule has 0 aromatic carbocycles. The van der Waals surface area contributed by atoms with Crippen molar-refractivity contribution in [3.05, 3.63) is 11.9 Å². The van der Waals surface area contributed by atoms with Crippen LogP contribution in [0.4, 0.5) is 10.3 Å². The lowest BCUT2D eigenvalue weighted by atomic mass is 10.6.